The van der Waals surface area contributed by atoms with Gasteiger partial charge in [0.1, 0.15) is 0 Å². The van der Waals surface area contributed by atoms with Crippen molar-refractivity contribution in [2.75, 3.05) is 7.11 Å². The second-order valence-electron chi connectivity index (χ2n) is 2.80. The summed E-state index contributed by atoms with van der Waals surface area (Å²) >= 11 is 0. The Morgan fingerprint density at radius 1 is 1.57 bits per heavy atom. The van der Waals surface area contributed by atoms with Gasteiger partial charge in [0.05, 0.1) is 18.2 Å². The van der Waals surface area contributed by atoms with E-state index in [1.165, 1.54) is 12.3 Å². The zero-order chi connectivity index (χ0) is 10.8. The first-order valence-electron chi connectivity index (χ1n) is 3.87. The lowest BCUT2D eigenvalue weighted by Gasteiger charge is -2.13. The lowest BCUT2D eigenvalue weighted by molar-refractivity contribution is 0.0145. The third-order valence-corrected chi connectivity index (χ3v) is 1.70. The van der Waals surface area contributed by atoms with Crippen LogP contribution in [-0.4, -0.2) is 18.1 Å². The molecule has 1 heterocycles. The average Bonchev–Trinajstić information content (AvgIpc) is 2.15. The summed E-state index contributed by atoms with van der Waals surface area (Å²) in [6, 6.07) is 1.21. The smallest absolute Gasteiger partial charge is 0.338 e. The zero-order valence-corrected chi connectivity index (χ0v) is 7.75. The minimum absolute atomic E-state index is 0.157. The zero-order valence-electron chi connectivity index (χ0n) is 7.75. The summed E-state index contributed by atoms with van der Waals surface area (Å²) in [6.07, 6.45) is 2.23. The maximum Gasteiger partial charge on any atom is 0.338 e. The normalized spacial score (nSPS) is 11.1. The maximum atomic E-state index is 13.0. The number of alkyl halides is 2. The Kier molecular flexibility index (Phi) is 2.78. The Morgan fingerprint density at radius 3 is 2.71 bits per heavy atom. The predicted molar refractivity (Wildman–Crippen MR) is 45.1 cm³/mol. The number of ether oxygens (including phenoxy) is 1. The number of carbonyl (C=O) groups excluding carboxylic acids is 1. The van der Waals surface area contributed by atoms with Crippen LogP contribution >= 0.6 is 0 Å². The van der Waals surface area contributed by atoms with Crippen LogP contribution in [0.5, 0.6) is 0 Å². The summed E-state index contributed by atoms with van der Waals surface area (Å²) in [4.78, 5) is 14.6. The number of aromatic nitrogens is 1. The topological polar surface area (TPSA) is 39.2 Å². The predicted octanol–water partition coefficient (Wildman–Crippen LogP) is 1.98. The van der Waals surface area contributed by atoms with Gasteiger partial charge in [0, 0.05) is 19.3 Å². The fourth-order valence-electron chi connectivity index (χ4n) is 1.03. The molecule has 0 amide bonds. The molecule has 0 aliphatic heterocycles. The van der Waals surface area contributed by atoms with Crippen molar-refractivity contribution in [1.82, 2.24) is 4.98 Å². The van der Waals surface area contributed by atoms with Gasteiger partial charge in [0.15, 0.2) is 0 Å². The number of hydrogen-bond donors (Lipinski definition) is 0. The second kappa shape index (κ2) is 3.69. The van der Waals surface area contributed by atoms with E-state index in [0.717, 1.165) is 13.3 Å². The molecule has 0 saturated carbocycles. The molecule has 0 spiro atoms. The number of nitrogens with zero attached hydrogens (tertiary/aromatic N) is 1. The molecule has 0 aromatic carbocycles. The number of rotatable bonds is 2. The van der Waals surface area contributed by atoms with Gasteiger partial charge in [-0.1, -0.05) is 0 Å². The Morgan fingerprint density at radius 2 is 2.21 bits per heavy atom. The minimum atomic E-state index is -3.10. The van der Waals surface area contributed by atoms with Gasteiger partial charge in [-0.25, -0.2) is 13.6 Å². The molecular weight excluding hydrogens is 192 g/mol. The van der Waals surface area contributed by atoms with E-state index in [9.17, 15) is 13.6 Å². The van der Waals surface area contributed by atoms with Crippen LogP contribution in [0.2, 0.25) is 0 Å². The number of halogens is 2. The van der Waals surface area contributed by atoms with Crippen molar-refractivity contribution < 1.29 is 18.3 Å². The van der Waals surface area contributed by atoms with Crippen LogP contribution < -0.4 is 0 Å². The summed E-state index contributed by atoms with van der Waals surface area (Å²) < 4.78 is 30.3. The largest absolute Gasteiger partial charge is 0.465 e. The standard InChI is InChI=1S/C9H9F2NO2/c1-9(10,11)7-5-12-4-3-6(7)8(13)14-2/h3-5H,1-2H3. The first-order chi connectivity index (χ1) is 6.46. The van der Waals surface area contributed by atoms with E-state index in [2.05, 4.69) is 9.72 Å². The van der Waals surface area contributed by atoms with Crippen molar-refractivity contribution in [3.63, 3.8) is 0 Å². The lowest BCUT2D eigenvalue weighted by atomic mass is 10.1. The SMILES string of the molecule is COC(=O)c1ccncc1C(C)(F)F. The van der Waals surface area contributed by atoms with Gasteiger partial charge in [-0.05, 0) is 6.07 Å². The molecule has 0 N–H and O–H groups in total. The van der Waals surface area contributed by atoms with Gasteiger partial charge < -0.3 is 4.74 Å². The van der Waals surface area contributed by atoms with E-state index in [4.69, 9.17) is 0 Å². The molecule has 0 bridgehead atoms. The van der Waals surface area contributed by atoms with Gasteiger partial charge in [-0.2, -0.15) is 0 Å². The number of carbonyl (C=O) groups is 1. The van der Waals surface area contributed by atoms with Gasteiger partial charge in [0.2, 0.25) is 0 Å². The molecule has 0 radical (unpaired) electrons. The summed E-state index contributed by atoms with van der Waals surface area (Å²) in [5.41, 5.74) is -0.582. The fraction of sp³-hybridized carbons (Fsp3) is 0.333. The number of methoxy groups -OCH3 is 1. The molecule has 76 valence electrons. The maximum absolute atomic E-state index is 13.0. The molecule has 3 nitrogen and oxygen atoms in total. The quantitative estimate of drug-likeness (QED) is 0.687. The lowest BCUT2D eigenvalue weighted by Crippen LogP contribution is -2.15. The summed E-state index contributed by atoms with van der Waals surface area (Å²) in [6.45, 7) is 0.705. The number of hydrogen-bond acceptors (Lipinski definition) is 3. The van der Waals surface area contributed by atoms with Gasteiger partial charge in [-0.3, -0.25) is 4.98 Å². The van der Waals surface area contributed by atoms with Crippen molar-refractivity contribution >= 4 is 5.97 Å². The molecule has 5 heteroatoms. The van der Waals surface area contributed by atoms with Crippen LogP contribution in [0.4, 0.5) is 8.78 Å². The number of pyridine rings is 1. The molecule has 1 rings (SSSR count). The van der Waals surface area contributed by atoms with Crippen LogP contribution in [-0.2, 0) is 10.7 Å². The Balaban J connectivity index is 3.23. The van der Waals surface area contributed by atoms with E-state index in [0.29, 0.717) is 6.92 Å². The van der Waals surface area contributed by atoms with E-state index in [-0.39, 0.29) is 5.56 Å². The molecule has 1 aromatic heterocycles. The van der Waals surface area contributed by atoms with Gasteiger partial charge >= 0.3 is 5.97 Å². The van der Waals surface area contributed by atoms with Crippen LogP contribution in [0.3, 0.4) is 0 Å². The summed E-state index contributed by atoms with van der Waals surface area (Å²) in [5.74, 6) is -3.89. The first-order valence-corrected chi connectivity index (χ1v) is 3.87. The Hall–Kier alpha value is -1.52. The monoisotopic (exact) mass is 201 g/mol. The summed E-state index contributed by atoms with van der Waals surface area (Å²) in [5, 5.41) is 0. The average molecular weight is 201 g/mol. The van der Waals surface area contributed by atoms with Crippen LogP contribution in [0.15, 0.2) is 18.5 Å². The highest BCUT2D eigenvalue weighted by Gasteiger charge is 2.30. The Labute approximate surface area is 79.7 Å². The molecule has 14 heavy (non-hydrogen) atoms. The van der Waals surface area contributed by atoms with Crippen molar-refractivity contribution in [3.8, 4) is 0 Å². The van der Waals surface area contributed by atoms with E-state index in [1.807, 2.05) is 0 Å². The first kappa shape index (κ1) is 10.6. The molecule has 0 atom stereocenters. The fourth-order valence-corrected chi connectivity index (χ4v) is 1.03. The van der Waals surface area contributed by atoms with Crippen molar-refractivity contribution in [3.05, 3.63) is 29.6 Å². The molecule has 1 aromatic rings. The van der Waals surface area contributed by atoms with Crippen molar-refractivity contribution in [2.24, 2.45) is 0 Å². The molecule has 0 aliphatic carbocycles. The number of esters is 1. The second-order valence-corrected chi connectivity index (χ2v) is 2.80. The highest BCUT2D eigenvalue weighted by atomic mass is 19.3. The van der Waals surface area contributed by atoms with Crippen LogP contribution in [0.25, 0.3) is 0 Å². The van der Waals surface area contributed by atoms with Crippen LogP contribution in [0, 0.1) is 0 Å². The third kappa shape index (κ3) is 2.04. The summed E-state index contributed by atoms with van der Waals surface area (Å²) in [7, 11) is 1.14. The Bertz CT molecular complexity index is 347. The van der Waals surface area contributed by atoms with Crippen molar-refractivity contribution in [2.45, 2.75) is 12.8 Å². The van der Waals surface area contributed by atoms with Gasteiger partial charge in [0.25, 0.3) is 5.92 Å². The highest BCUT2D eigenvalue weighted by Crippen LogP contribution is 2.29. The molecule has 0 unspecified atom stereocenters. The van der Waals surface area contributed by atoms with Crippen LogP contribution in [0.1, 0.15) is 22.8 Å². The molecule has 0 aliphatic rings. The van der Waals surface area contributed by atoms with E-state index < -0.39 is 17.5 Å². The van der Waals surface area contributed by atoms with E-state index in [1.54, 1.807) is 0 Å². The molecule has 0 saturated heterocycles. The molecular formula is C9H9F2NO2. The third-order valence-electron chi connectivity index (χ3n) is 1.70. The minimum Gasteiger partial charge on any atom is -0.465 e. The van der Waals surface area contributed by atoms with Gasteiger partial charge in [-0.15, -0.1) is 0 Å². The molecule has 0 fully saturated rings. The van der Waals surface area contributed by atoms with E-state index >= 15 is 0 Å². The highest BCUT2D eigenvalue weighted by molar-refractivity contribution is 5.91. The van der Waals surface area contributed by atoms with Crippen molar-refractivity contribution in [1.29, 1.82) is 0 Å².